The van der Waals surface area contributed by atoms with E-state index in [0.29, 0.717) is 30.8 Å². The zero-order valence-electron chi connectivity index (χ0n) is 13.9. The molecule has 1 aromatic heterocycles. The number of hydrogen-bond donors (Lipinski definition) is 2. The van der Waals surface area contributed by atoms with Crippen LogP contribution in [0.4, 0.5) is 0 Å². The molecule has 5 nitrogen and oxygen atoms in total. The summed E-state index contributed by atoms with van der Waals surface area (Å²) in [5.41, 5.74) is -0.109. The van der Waals surface area contributed by atoms with Gasteiger partial charge in [0, 0.05) is 12.6 Å². The van der Waals surface area contributed by atoms with Gasteiger partial charge in [0.05, 0.1) is 6.54 Å². The number of sulfonamides is 1. The monoisotopic (exact) mass is 316 g/mol. The van der Waals surface area contributed by atoms with Crippen molar-refractivity contribution in [1.82, 2.24) is 10.0 Å². The van der Waals surface area contributed by atoms with E-state index in [0.717, 1.165) is 0 Å². The average Bonchev–Trinajstić information content (AvgIpc) is 2.83. The molecule has 0 aliphatic carbocycles. The molecule has 122 valence electrons. The Labute approximate surface area is 128 Å². The smallest absolute Gasteiger partial charge is 0.273 e. The normalized spacial score (nSPS) is 13.3. The summed E-state index contributed by atoms with van der Waals surface area (Å²) in [5.74, 6) is 0.995. The average molecular weight is 316 g/mol. The van der Waals surface area contributed by atoms with Crippen molar-refractivity contribution in [2.45, 2.75) is 59.2 Å². The largest absolute Gasteiger partial charge is 0.447 e. The maximum Gasteiger partial charge on any atom is 0.273 e. The van der Waals surface area contributed by atoms with Gasteiger partial charge in [-0.3, -0.25) is 0 Å². The van der Waals surface area contributed by atoms with Crippen LogP contribution in [0.25, 0.3) is 0 Å². The fourth-order valence-corrected chi connectivity index (χ4v) is 2.63. The third-order valence-electron chi connectivity index (χ3n) is 3.87. The molecule has 1 rings (SSSR count). The Balaban J connectivity index is 2.71. The molecule has 0 atom stereocenters. The van der Waals surface area contributed by atoms with Gasteiger partial charge < -0.3 is 9.73 Å². The van der Waals surface area contributed by atoms with Crippen molar-refractivity contribution >= 4 is 10.0 Å². The summed E-state index contributed by atoms with van der Waals surface area (Å²) in [5, 5.41) is 3.16. The second kappa shape index (κ2) is 6.94. The van der Waals surface area contributed by atoms with Crippen LogP contribution in [0, 0.1) is 11.3 Å². The third-order valence-corrected chi connectivity index (χ3v) is 5.14. The molecule has 1 aromatic rings. The summed E-state index contributed by atoms with van der Waals surface area (Å²) in [6, 6.07) is 3.51. The maximum absolute atomic E-state index is 12.2. The topological polar surface area (TPSA) is 71.3 Å². The van der Waals surface area contributed by atoms with Crippen LogP contribution in [0.1, 0.15) is 47.3 Å². The van der Waals surface area contributed by atoms with Crippen molar-refractivity contribution < 1.29 is 12.8 Å². The quantitative estimate of drug-likeness (QED) is 0.773. The lowest BCUT2D eigenvalue weighted by molar-refractivity contribution is 0.251. The molecule has 2 N–H and O–H groups in total. The van der Waals surface area contributed by atoms with Crippen molar-refractivity contribution in [2.75, 3.05) is 6.54 Å². The Kier molecular flexibility index (Phi) is 6.01. The molecule has 6 heteroatoms. The molecule has 0 spiro atoms. The van der Waals surface area contributed by atoms with Gasteiger partial charge in [-0.2, -0.15) is 0 Å². The minimum Gasteiger partial charge on any atom is -0.447 e. The predicted molar refractivity (Wildman–Crippen MR) is 84.5 cm³/mol. The summed E-state index contributed by atoms with van der Waals surface area (Å²) >= 11 is 0. The van der Waals surface area contributed by atoms with Crippen LogP contribution < -0.4 is 10.0 Å². The molecule has 0 unspecified atom stereocenters. The SMILES string of the molecule is CC(C)NCc1ccc(S(=O)(=O)NCC(C)(C)C(C)C)o1. The number of nitrogens with one attached hydrogen (secondary N) is 2. The zero-order chi connectivity index (χ0) is 16.3. The van der Waals surface area contributed by atoms with Crippen LogP contribution in [0.2, 0.25) is 0 Å². The number of rotatable bonds is 8. The molecule has 0 aromatic carbocycles. The van der Waals surface area contributed by atoms with E-state index in [4.69, 9.17) is 4.42 Å². The Hall–Kier alpha value is -0.850. The second-order valence-corrected chi connectivity index (χ2v) is 8.42. The highest BCUT2D eigenvalue weighted by molar-refractivity contribution is 7.89. The molecule has 0 saturated heterocycles. The highest BCUT2D eigenvalue weighted by Gasteiger charge is 2.26. The van der Waals surface area contributed by atoms with Crippen molar-refractivity contribution in [3.05, 3.63) is 17.9 Å². The highest BCUT2D eigenvalue weighted by Crippen LogP contribution is 2.25. The van der Waals surface area contributed by atoms with Crippen LogP contribution in [0.15, 0.2) is 21.6 Å². The molecule has 0 aliphatic heterocycles. The lowest BCUT2D eigenvalue weighted by atomic mass is 9.81. The molecule has 0 fully saturated rings. The van der Waals surface area contributed by atoms with Gasteiger partial charge in [0.15, 0.2) is 0 Å². The summed E-state index contributed by atoms with van der Waals surface area (Å²) in [7, 11) is -3.59. The number of furan rings is 1. The van der Waals surface area contributed by atoms with Gasteiger partial charge in [-0.05, 0) is 23.5 Å². The first-order valence-corrected chi connectivity index (χ1v) is 8.84. The first-order chi connectivity index (χ1) is 9.54. The van der Waals surface area contributed by atoms with Gasteiger partial charge in [0.2, 0.25) is 5.09 Å². The molecule has 0 radical (unpaired) electrons. The van der Waals surface area contributed by atoms with Gasteiger partial charge in [-0.15, -0.1) is 0 Å². The van der Waals surface area contributed by atoms with Gasteiger partial charge >= 0.3 is 0 Å². The van der Waals surface area contributed by atoms with E-state index < -0.39 is 10.0 Å². The van der Waals surface area contributed by atoms with Gasteiger partial charge in [0.1, 0.15) is 5.76 Å². The fourth-order valence-electron chi connectivity index (χ4n) is 1.46. The molecular weight excluding hydrogens is 288 g/mol. The Morgan fingerprint density at radius 2 is 1.81 bits per heavy atom. The van der Waals surface area contributed by atoms with Crippen molar-refractivity contribution in [3.8, 4) is 0 Å². The van der Waals surface area contributed by atoms with E-state index >= 15 is 0 Å². The molecule has 0 amide bonds. The molecule has 1 heterocycles. The standard InChI is InChI=1S/C15H28N2O3S/c1-11(2)15(5,6)10-17-21(18,19)14-8-7-13(20-14)9-16-12(3)4/h7-8,11-12,16-17H,9-10H2,1-6H3. The Morgan fingerprint density at radius 3 is 2.33 bits per heavy atom. The van der Waals surface area contributed by atoms with E-state index in [9.17, 15) is 8.42 Å². The van der Waals surface area contributed by atoms with Gasteiger partial charge in [-0.1, -0.05) is 41.5 Å². The van der Waals surface area contributed by atoms with Crippen molar-refractivity contribution in [1.29, 1.82) is 0 Å². The zero-order valence-corrected chi connectivity index (χ0v) is 14.7. The van der Waals surface area contributed by atoms with E-state index in [1.807, 2.05) is 27.7 Å². The van der Waals surface area contributed by atoms with Crippen molar-refractivity contribution in [3.63, 3.8) is 0 Å². The minimum absolute atomic E-state index is 0.0254. The van der Waals surface area contributed by atoms with Gasteiger partial charge in [-0.25, -0.2) is 13.1 Å². The summed E-state index contributed by atoms with van der Waals surface area (Å²) in [4.78, 5) is 0. The fraction of sp³-hybridized carbons (Fsp3) is 0.733. The Morgan fingerprint density at radius 1 is 1.19 bits per heavy atom. The third kappa shape index (κ3) is 5.45. The first kappa shape index (κ1) is 18.2. The predicted octanol–water partition coefficient (Wildman–Crippen LogP) is 2.74. The van der Waals surface area contributed by atoms with Gasteiger partial charge in [0.25, 0.3) is 10.0 Å². The maximum atomic E-state index is 12.2. The lowest BCUT2D eigenvalue weighted by Gasteiger charge is -2.28. The van der Waals surface area contributed by atoms with Crippen molar-refractivity contribution in [2.24, 2.45) is 11.3 Å². The van der Waals surface area contributed by atoms with Crippen LogP contribution in [-0.4, -0.2) is 21.0 Å². The first-order valence-electron chi connectivity index (χ1n) is 7.36. The van der Waals surface area contributed by atoms with E-state index in [1.54, 1.807) is 6.07 Å². The molecule has 0 aliphatic rings. The molecule has 21 heavy (non-hydrogen) atoms. The summed E-state index contributed by atoms with van der Waals surface area (Å²) in [6.45, 7) is 13.2. The molecule has 0 bridgehead atoms. The van der Waals surface area contributed by atoms with E-state index in [2.05, 4.69) is 23.9 Å². The van der Waals surface area contributed by atoms with Crippen LogP contribution in [-0.2, 0) is 16.6 Å². The van der Waals surface area contributed by atoms with E-state index in [-0.39, 0.29) is 10.5 Å². The second-order valence-electron chi connectivity index (χ2n) is 6.72. The van der Waals surface area contributed by atoms with Crippen LogP contribution in [0.5, 0.6) is 0 Å². The number of hydrogen-bond acceptors (Lipinski definition) is 4. The Bertz CT molecular complexity index is 545. The van der Waals surface area contributed by atoms with E-state index in [1.165, 1.54) is 6.07 Å². The lowest BCUT2D eigenvalue weighted by Crippen LogP contribution is -2.36. The minimum atomic E-state index is -3.59. The van der Waals surface area contributed by atoms with Crippen LogP contribution >= 0.6 is 0 Å². The molecule has 0 saturated carbocycles. The molecular formula is C15H28N2O3S. The van der Waals surface area contributed by atoms with Crippen LogP contribution in [0.3, 0.4) is 0 Å². The highest BCUT2D eigenvalue weighted by atomic mass is 32.2. The summed E-state index contributed by atoms with van der Waals surface area (Å²) in [6.07, 6.45) is 0. The summed E-state index contributed by atoms with van der Waals surface area (Å²) < 4.78 is 32.5.